The Morgan fingerprint density at radius 1 is 0.783 bits per heavy atom. The molecule has 2 aromatic rings. The molecule has 0 aliphatic carbocycles. The van der Waals surface area contributed by atoms with Crippen LogP contribution < -0.4 is 0 Å². The van der Waals surface area contributed by atoms with Gasteiger partial charge in [0.15, 0.2) is 11.6 Å². The number of benzene rings is 2. The molecule has 0 aromatic heterocycles. The minimum Gasteiger partial charge on any atom is -0.293 e. The fraction of sp³-hybridized carbons (Fsp3) is 0.118. The summed E-state index contributed by atoms with van der Waals surface area (Å²) >= 11 is 24.2. The first kappa shape index (κ1) is 18.3. The van der Waals surface area contributed by atoms with Crippen molar-refractivity contribution in [1.29, 1.82) is 0 Å². The lowest BCUT2D eigenvalue weighted by Crippen LogP contribution is -2.25. The van der Waals surface area contributed by atoms with E-state index >= 15 is 0 Å². The molecular formula is C17H11Cl4O2. The maximum absolute atomic E-state index is 12.7. The Balaban J connectivity index is 2.48. The van der Waals surface area contributed by atoms with E-state index in [9.17, 15) is 9.59 Å². The van der Waals surface area contributed by atoms with Crippen LogP contribution in [-0.4, -0.2) is 11.6 Å². The Kier molecular flexibility index (Phi) is 6.10. The van der Waals surface area contributed by atoms with Crippen LogP contribution in [0.5, 0.6) is 0 Å². The molecule has 2 aromatic carbocycles. The molecule has 2 rings (SSSR count). The van der Waals surface area contributed by atoms with Crippen LogP contribution in [0.25, 0.3) is 0 Å². The first-order valence-electron chi connectivity index (χ1n) is 6.64. The van der Waals surface area contributed by atoms with E-state index in [1.165, 1.54) is 24.3 Å². The second kappa shape index (κ2) is 7.67. The van der Waals surface area contributed by atoms with Gasteiger partial charge in [-0.05, 0) is 30.7 Å². The molecular weight excluding hydrogens is 378 g/mol. The van der Waals surface area contributed by atoms with Gasteiger partial charge in [-0.25, -0.2) is 0 Å². The molecule has 0 heterocycles. The van der Waals surface area contributed by atoms with Crippen LogP contribution in [0.2, 0.25) is 20.1 Å². The maximum atomic E-state index is 12.7. The SMILES string of the molecule is [CH2]CC(C(=O)c1c(Cl)cccc1Cl)C(=O)c1c(Cl)cccc1Cl. The summed E-state index contributed by atoms with van der Waals surface area (Å²) < 4.78 is 0. The van der Waals surface area contributed by atoms with Crippen LogP contribution in [0.3, 0.4) is 0 Å². The zero-order chi connectivity index (χ0) is 17.1. The summed E-state index contributed by atoms with van der Waals surface area (Å²) in [6.07, 6.45) is 0.0285. The number of hydrogen-bond donors (Lipinski definition) is 0. The summed E-state index contributed by atoms with van der Waals surface area (Å²) in [4.78, 5) is 25.5. The fourth-order valence-electron chi connectivity index (χ4n) is 2.20. The Labute approximate surface area is 154 Å². The van der Waals surface area contributed by atoms with Gasteiger partial charge in [-0.1, -0.05) is 65.5 Å². The topological polar surface area (TPSA) is 34.1 Å². The summed E-state index contributed by atoms with van der Waals surface area (Å²) in [5.41, 5.74) is 0.196. The van der Waals surface area contributed by atoms with Gasteiger partial charge < -0.3 is 0 Å². The lowest BCUT2D eigenvalue weighted by atomic mass is 9.88. The van der Waals surface area contributed by atoms with Crippen LogP contribution in [-0.2, 0) is 0 Å². The third kappa shape index (κ3) is 3.72. The first-order valence-corrected chi connectivity index (χ1v) is 8.15. The molecule has 0 saturated heterocycles. The monoisotopic (exact) mass is 387 g/mol. The van der Waals surface area contributed by atoms with Crippen LogP contribution in [0.4, 0.5) is 0 Å². The van der Waals surface area contributed by atoms with Gasteiger partial charge in [0, 0.05) is 0 Å². The van der Waals surface area contributed by atoms with Crippen molar-refractivity contribution in [1.82, 2.24) is 0 Å². The molecule has 23 heavy (non-hydrogen) atoms. The number of rotatable bonds is 5. The predicted molar refractivity (Wildman–Crippen MR) is 95.0 cm³/mol. The Morgan fingerprint density at radius 2 is 1.09 bits per heavy atom. The third-order valence-electron chi connectivity index (χ3n) is 3.34. The van der Waals surface area contributed by atoms with Gasteiger partial charge in [0.2, 0.25) is 0 Å². The average molecular weight is 389 g/mol. The second-order valence-corrected chi connectivity index (χ2v) is 6.39. The summed E-state index contributed by atoms with van der Waals surface area (Å²) in [6.45, 7) is 3.68. The molecule has 0 aliphatic rings. The summed E-state index contributed by atoms with van der Waals surface area (Å²) in [7, 11) is 0. The summed E-state index contributed by atoms with van der Waals surface area (Å²) in [5.74, 6) is -2.07. The smallest absolute Gasteiger partial charge is 0.176 e. The lowest BCUT2D eigenvalue weighted by Gasteiger charge is -2.16. The highest BCUT2D eigenvalue weighted by Crippen LogP contribution is 2.32. The number of hydrogen-bond acceptors (Lipinski definition) is 2. The zero-order valence-corrected chi connectivity index (χ0v) is 14.8. The highest BCUT2D eigenvalue weighted by Gasteiger charge is 2.31. The van der Waals surface area contributed by atoms with Gasteiger partial charge >= 0.3 is 0 Å². The summed E-state index contributed by atoms with van der Waals surface area (Å²) in [5, 5.41) is 0.719. The van der Waals surface area contributed by atoms with E-state index in [1.54, 1.807) is 12.1 Å². The molecule has 0 spiro atoms. The fourth-order valence-corrected chi connectivity index (χ4v) is 3.36. The third-order valence-corrected chi connectivity index (χ3v) is 4.60. The Bertz CT molecular complexity index is 667. The van der Waals surface area contributed by atoms with Crippen molar-refractivity contribution in [3.8, 4) is 0 Å². The van der Waals surface area contributed by atoms with Crippen LogP contribution in [0.1, 0.15) is 27.1 Å². The first-order chi connectivity index (χ1) is 10.9. The Hall–Kier alpha value is -1.06. The number of ketones is 2. The van der Waals surface area contributed by atoms with E-state index in [-0.39, 0.29) is 37.6 Å². The molecule has 0 atom stereocenters. The van der Waals surface area contributed by atoms with Crippen LogP contribution in [0, 0.1) is 12.8 Å². The van der Waals surface area contributed by atoms with Crippen LogP contribution in [0.15, 0.2) is 36.4 Å². The molecule has 1 radical (unpaired) electrons. The quantitative estimate of drug-likeness (QED) is 0.450. The standard InChI is InChI=1S/C17H11Cl4O2/c1-2-9(16(22)14-10(18)5-3-6-11(14)19)17(23)15-12(20)7-4-8-13(15)21/h3-9H,1-2H2. The second-order valence-electron chi connectivity index (χ2n) is 4.76. The van der Waals surface area contributed by atoms with Crippen molar-refractivity contribution in [2.24, 2.45) is 5.92 Å². The van der Waals surface area contributed by atoms with Gasteiger partial charge in [0.1, 0.15) is 0 Å². The number of carbonyl (C=O) groups excluding carboxylic acids is 2. The Morgan fingerprint density at radius 3 is 1.35 bits per heavy atom. The van der Waals surface area contributed by atoms with E-state index in [2.05, 4.69) is 6.92 Å². The van der Waals surface area contributed by atoms with Crippen molar-refractivity contribution in [2.75, 3.05) is 0 Å². The predicted octanol–water partition coefficient (Wildman–Crippen LogP) is 6.21. The van der Waals surface area contributed by atoms with Crippen molar-refractivity contribution in [3.05, 3.63) is 74.5 Å². The molecule has 119 valence electrons. The minimum atomic E-state index is -1.07. The molecule has 0 aliphatic heterocycles. The van der Waals surface area contributed by atoms with Gasteiger partial charge in [-0.3, -0.25) is 9.59 Å². The number of halogens is 4. The molecule has 6 heteroatoms. The van der Waals surface area contributed by atoms with Gasteiger partial charge in [-0.15, -0.1) is 0 Å². The molecule has 0 N–H and O–H groups in total. The maximum Gasteiger partial charge on any atom is 0.176 e. The van der Waals surface area contributed by atoms with E-state index < -0.39 is 17.5 Å². The molecule has 0 saturated carbocycles. The largest absolute Gasteiger partial charge is 0.293 e. The normalized spacial score (nSPS) is 10.9. The van der Waals surface area contributed by atoms with Crippen molar-refractivity contribution in [2.45, 2.75) is 6.42 Å². The van der Waals surface area contributed by atoms with Gasteiger partial charge in [0.05, 0.1) is 37.1 Å². The molecule has 0 unspecified atom stereocenters. The molecule has 2 nitrogen and oxygen atoms in total. The molecule has 0 bridgehead atoms. The van der Waals surface area contributed by atoms with Crippen molar-refractivity contribution in [3.63, 3.8) is 0 Å². The minimum absolute atomic E-state index is 0.0285. The van der Waals surface area contributed by atoms with E-state index in [0.717, 1.165) is 0 Å². The lowest BCUT2D eigenvalue weighted by molar-refractivity contribution is 0.0809. The molecule has 0 fully saturated rings. The summed E-state index contributed by atoms with van der Waals surface area (Å²) in [6, 6.07) is 9.38. The highest BCUT2D eigenvalue weighted by molar-refractivity contribution is 6.43. The highest BCUT2D eigenvalue weighted by atomic mass is 35.5. The number of Topliss-reactive ketones (excluding diaryl/α,β-unsaturated/α-hetero) is 2. The van der Waals surface area contributed by atoms with Crippen LogP contribution >= 0.6 is 46.4 Å². The van der Waals surface area contributed by atoms with E-state index in [1.807, 2.05) is 0 Å². The van der Waals surface area contributed by atoms with Gasteiger partial charge in [-0.2, -0.15) is 0 Å². The van der Waals surface area contributed by atoms with Crippen molar-refractivity contribution >= 4 is 58.0 Å². The van der Waals surface area contributed by atoms with Crippen molar-refractivity contribution < 1.29 is 9.59 Å². The van der Waals surface area contributed by atoms with E-state index in [4.69, 9.17) is 46.4 Å². The number of carbonyl (C=O) groups is 2. The zero-order valence-electron chi connectivity index (χ0n) is 11.8. The van der Waals surface area contributed by atoms with E-state index in [0.29, 0.717) is 0 Å². The average Bonchev–Trinajstić information content (AvgIpc) is 2.47. The van der Waals surface area contributed by atoms with Gasteiger partial charge in [0.25, 0.3) is 0 Å². The molecule has 0 amide bonds.